The second kappa shape index (κ2) is 4.50. The van der Waals surface area contributed by atoms with Crippen molar-refractivity contribution in [3.63, 3.8) is 0 Å². The number of aromatic nitrogens is 1. The summed E-state index contributed by atoms with van der Waals surface area (Å²) in [5, 5.41) is 0.305. The summed E-state index contributed by atoms with van der Waals surface area (Å²) >= 11 is 4.88. The number of H-pyrrole nitrogens is 1. The average Bonchev–Trinajstić information content (AvgIpc) is 2.08. The normalized spacial score (nSPS) is 10.8. The summed E-state index contributed by atoms with van der Waals surface area (Å²) in [4.78, 5) is 13.2. The molecule has 0 radical (unpaired) electrons. The minimum Gasteiger partial charge on any atom is -0.320 e. The molecule has 0 atom stereocenters. The second-order valence-corrected chi connectivity index (χ2v) is 4.04. The van der Waals surface area contributed by atoms with Crippen LogP contribution in [-0.4, -0.2) is 4.98 Å². The minimum atomic E-state index is -2.64. The summed E-state index contributed by atoms with van der Waals surface area (Å²) in [5.74, 6) is 0. The summed E-state index contributed by atoms with van der Waals surface area (Å²) in [5.41, 5.74) is -0.359. The van der Waals surface area contributed by atoms with Crippen molar-refractivity contribution in [2.24, 2.45) is 0 Å². The van der Waals surface area contributed by atoms with Gasteiger partial charge in [-0.15, -0.1) is 0 Å². The van der Waals surface area contributed by atoms with Gasteiger partial charge in [0.15, 0.2) is 0 Å². The highest BCUT2D eigenvalue weighted by Gasteiger charge is 2.14. The molecule has 1 heterocycles. The van der Waals surface area contributed by atoms with Crippen molar-refractivity contribution in [2.45, 2.75) is 11.8 Å². The van der Waals surface area contributed by atoms with E-state index in [2.05, 4.69) is 20.9 Å². The molecular weight excluding hydrogens is 359 g/mol. The Bertz CT molecular complexity index is 366. The Labute approximate surface area is 95.0 Å². The fraction of sp³-hybridized carbons (Fsp3) is 0.286. The predicted octanol–water partition coefficient (Wildman–Crippen LogP) is 2.81. The van der Waals surface area contributed by atoms with E-state index in [0.29, 0.717) is 14.5 Å². The largest absolute Gasteiger partial charge is 0.320 e. The fourth-order valence-corrected chi connectivity index (χ4v) is 1.84. The van der Waals surface area contributed by atoms with Crippen LogP contribution in [-0.2, 0) is 5.33 Å². The lowest BCUT2D eigenvalue weighted by molar-refractivity contribution is 0.145. The molecule has 1 aromatic rings. The zero-order valence-corrected chi connectivity index (χ0v) is 10.0. The van der Waals surface area contributed by atoms with Gasteiger partial charge >= 0.3 is 0 Å². The molecule has 0 bridgehead atoms. The van der Waals surface area contributed by atoms with Gasteiger partial charge in [0.1, 0.15) is 0 Å². The number of halogens is 4. The number of hydrogen-bond donors (Lipinski definition) is 1. The third-order valence-electron chi connectivity index (χ3n) is 1.47. The number of hydrogen-bond acceptors (Lipinski definition) is 1. The number of alkyl halides is 3. The lowest BCUT2D eigenvalue weighted by Crippen LogP contribution is -2.14. The van der Waals surface area contributed by atoms with Crippen LogP contribution in [0.1, 0.15) is 17.7 Å². The summed E-state index contributed by atoms with van der Waals surface area (Å²) < 4.78 is 25.1. The molecule has 0 amide bonds. The third kappa shape index (κ3) is 2.49. The Morgan fingerprint density at radius 3 is 2.69 bits per heavy atom. The van der Waals surface area contributed by atoms with E-state index in [-0.39, 0.29) is 5.69 Å². The molecule has 0 unspecified atom stereocenters. The molecule has 2 nitrogen and oxygen atoms in total. The molecular formula is C7H5BrF2INO. The first-order valence-electron chi connectivity index (χ1n) is 3.32. The van der Waals surface area contributed by atoms with E-state index >= 15 is 0 Å². The van der Waals surface area contributed by atoms with Crippen molar-refractivity contribution in [2.75, 3.05) is 0 Å². The van der Waals surface area contributed by atoms with Gasteiger partial charge in [-0.2, -0.15) is 0 Å². The standard InChI is InChI=1S/C7H5BrF2INO/c8-2-3-1-4(11)7(13)12-5(3)6(9)10/h1,6H,2H2,(H,12,13). The Morgan fingerprint density at radius 1 is 1.62 bits per heavy atom. The van der Waals surface area contributed by atoms with Crippen LogP contribution in [0.15, 0.2) is 10.9 Å². The number of pyridine rings is 1. The van der Waals surface area contributed by atoms with E-state index in [4.69, 9.17) is 0 Å². The molecule has 0 fully saturated rings. The van der Waals surface area contributed by atoms with Crippen molar-refractivity contribution in [1.29, 1.82) is 0 Å². The lowest BCUT2D eigenvalue weighted by Gasteiger charge is -2.05. The number of nitrogens with one attached hydrogen (secondary N) is 1. The average molecular weight is 364 g/mol. The second-order valence-electron chi connectivity index (χ2n) is 2.32. The number of rotatable bonds is 2. The van der Waals surface area contributed by atoms with Gasteiger partial charge in [0.25, 0.3) is 12.0 Å². The van der Waals surface area contributed by atoms with Crippen LogP contribution in [0.4, 0.5) is 8.78 Å². The first kappa shape index (κ1) is 11.1. The maximum Gasteiger partial charge on any atom is 0.278 e. The van der Waals surface area contributed by atoms with E-state index < -0.39 is 12.0 Å². The topological polar surface area (TPSA) is 32.9 Å². The van der Waals surface area contributed by atoms with E-state index in [1.54, 1.807) is 22.6 Å². The zero-order chi connectivity index (χ0) is 10.0. The maximum atomic E-state index is 12.3. The van der Waals surface area contributed by atoms with Crippen molar-refractivity contribution in [3.8, 4) is 0 Å². The van der Waals surface area contributed by atoms with Crippen LogP contribution in [0.5, 0.6) is 0 Å². The molecule has 6 heteroatoms. The minimum absolute atomic E-state index is 0.303. The predicted molar refractivity (Wildman–Crippen MR) is 57.4 cm³/mol. The summed E-state index contributed by atoms with van der Waals surface area (Å²) in [6, 6.07) is 1.45. The van der Waals surface area contributed by atoms with Crippen LogP contribution in [0.3, 0.4) is 0 Å². The molecule has 0 aliphatic rings. The Hall–Kier alpha value is 0.0200. The van der Waals surface area contributed by atoms with Crippen LogP contribution < -0.4 is 5.56 Å². The fourth-order valence-electron chi connectivity index (χ4n) is 0.864. The molecule has 0 saturated heterocycles. The Balaban J connectivity index is 3.33. The first-order valence-corrected chi connectivity index (χ1v) is 5.52. The molecule has 1 aromatic heterocycles. The summed E-state index contributed by atoms with van der Waals surface area (Å²) in [6.45, 7) is 0. The van der Waals surface area contributed by atoms with Gasteiger partial charge < -0.3 is 4.98 Å². The van der Waals surface area contributed by atoms with Crippen LogP contribution >= 0.6 is 38.5 Å². The van der Waals surface area contributed by atoms with E-state index in [9.17, 15) is 13.6 Å². The molecule has 0 aromatic carbocycles. The van der Waals surface area contributed by atoms with Gasteiger partial charge in [-0.1, -0.05) is 15.9 Å². The highest BCUT2D eigenvalue weighted by atomic mass is 127. The van der Waals surface area contributed by atoms with Crippen molar-refractivity contribution >= 4 is 38.5 Å². The van der Waals surface area contributed by atoms with Crippen molar-refractivity contribution < 1.29 is 8.78 Å². The Morgan fingerprint density at radius 2 is 2.23 bits per heavy atom. The quantitative estimate of drug-likeness (QED) is 0.636. The van der Waals surface area contributed by atoms with Crippen LogP contribution in [0.2, 0.25) is 0 Å². The molecule has 1 N–H and O–H groups in total. The van der Waals surface area contributed by atoms with Gasteiger partial charge in [0, 0.05) is 5.33 Å². The monoisotopic (exact) mass is 363 g/mol. The van der Waals surface area contributed by atoms with Crippen LogP contribution in [0, 0.1) is 3.57 Å². The maximum absolute atomic E-state index is 12.3. The molecule has 0 saturated carbocycles. The molecule has 0 spiro atoms. The summed E-state index contributed by atoms with van der Waals surface area (Å²) in [7, 11) is 0. The lowest BCUT2D eigenvalue weighted by atomic mass is 10.2. The Kier molecular flexibility index (Phi) is 3.84. The van der Waals surface area contributed by atoms with Crippen molar-refractivity contribution in [3.05, 3.63) is 31.2 Å². The highest BCUT2D eigenvalue weighted by Crippen LogP contribution is 2.22. The molecule has 72 valence electrons. The van der Waals surface area contributed by atoms with E-state index in [1.165, 1.54) is 6.07 Å². The molecule has 0 aliphatic heterocycles. The molecule has 1 rings (SSSR count). The van der Waals surface area contributed by atoms with E-state index in [0.717, 1.165) is 0 Å². The van der Waals surface area contributed by atoms with Gasteiger partial charge in [-0.3, -0.25) is 4.79 Å². The van der Waals surface area contributed by atoms with E-state index in [1.807, 2.05) is 0 Å². The molecule has 13 heavy (non-hydrogen) atoms. The first-order chi connectivity index (χ1) is 6.06. The van der Waals surface area contributed by atoms with Gasteiger partial charge in [-0.05, 0) is 34.2 Å². The van der Waals surface area contributed by atoms with Gasteiger partial charge in [-0.25, -0.2) is 8.78 Å². The van der Waals surface area contributed by atoms with Gasteiger partial charge in [0.2, 0.25) is 0 Å². The van der Waals surface area contributed by atoms with Crippen molar-refractivity contribution in [1.82, 2.24) is 4.98 Å². The number of aromatic amines is 1. The van der Waals surface area contributed by atoms with Gasteiger partial charge in [0.05, 0.1) is 9.26 Å². The third-order valence-corrected chi connectivity index (χ3v) is 2.88. The SMILES string of the molecule is O=c1[nH]c(C(F)F)c(CBr)cc1I. The smallest absolute Gasteiger partial charge is 0.278 e. The highest BCUT2D eigenvalue weighted by molar-refractivity contribution is 14.1. The van der Waals surface area contributed by atoms with Crippen LogP contribution in [0.25, 0.3) is 0 Å². The molecule has 0 aliphatic carbocycles. The zero-order valence-electron chi connectivity index (χ0n) is 6.28. The summed E-state index contributed by atoms with van der Waals surface area (Å²) in [6.07, 6.45) is -2.64.